The molecule has 28 heavy (non-hydrogen) atoms. The Labute approximate surface area is 185 Å². The lowest BCUT2D eigenvalue weighted by Gasteiger charge is -2.34. The van der Waals surface area contributed by atoms with Gasteiger partial charge >= 0.3 is 0 Å². The average Bonchev–Trinajstić information content (AvgIpc) is 2.72. The molecule has 1 fully saturated rings. The van der Waals surface area contributed by atoms with Crippen molar-refractivity contribution in [1.29, 1.82) is 0 Å². The lowest BCUT2D eigenvalue weighted by Crippen LogP contribution is -2.48. The molecule has 0 bridgehead atoms. The van der Waals surface area contributed by atoms with Crippen molar-refractivity contribution in [2.45, 2.75) is 25.4 Å². The molecule has 1 aliphatic heterocycles. The van der Waals surface area contributed by atoms with Crippen LogP contribution in [-0.2, 0) is 6.54 Å². The van der Waals surface area contributed by atoms with E-state index in [0.717, 1.165) is 43.4 Å². The van der Waals surface area contributed by atoms with E-state index < -0.39 is 0 Å². The average molecular weight is 494 g/mol. The Morgan fingerprint density at radius 2 is 1.82 bits per heavy atom. The number of anilines is 2. The molecule has 0 radical (unpaired) electrons. The normalized spacial score (nSPS) is 15.0. The summed E-state index contributed by atoms with van der Waals surface area (Å²) in [6, 6.07) is 17.2. The minimum absolute atomic E-state index is 0. The molecule has 0 amide bonds. The molecule has 0 unspecified atom stereocenters. The first-order valence-corrected chi connectivity index (χ1v) is 9.56. The zero-order valence-electron chi connectivity index (χ0n) is 16.9. The Hall–Kier alpha value is -2.03. The first-order chi connectivity index (χ1) is 13.2. The molecule has 152 valence electrons. The second kappa shape index (κ2) is 11.1. The second-order valence-corrected chi connectivity index (χ2v) is 7.05. The maximum Gasteiger partial charge on any atom is 0.191 e. The van der Waals surface area contributed by atoms with Crippen molar-refractivity contribution in [1.82, 2.24) is 15.6 Å². The zero-order chi connectivity index (χ0) is 19.1. The van der Waals surface area contributed by atoms with Gasteiger partial charge < -0.3 is 20.4 Å². The lowest BCUT2D eigenvalue weighted by molar-refractivity contribution is 0.461. The number of rotatable bonds is 5. The number of benzene rings is 1. The minimum atomic E-state index is 0. The number of hydrogen-bond donors (Lipinski definition) is 2. The van der Waals surface area contributed by atoms with Gasteiger partial charge in [0.1, 0.15) is 5.82 Å². The van der Waals surface area contributed by atoms with Crippen LogP contribution in [0.4, 0.5) is 11.5 Å². The summed E-state index contributed by atoms with van der Waals surface area (Å²) in [5.41, 5.74) is 2.31. The number of nitrogens with one attached hydrogen (secondary N) is 2. The summed E-state index contributed by atoms with van der Waals surface area (Å²) in [5.74, 6) is 1.80. The van der Waals surface area contributed by atoms with Gasteiger partial charge in [0.2, 0.25) is 0 Å². The van der Waals surface area contributed by atoms with Crippen molar-refractivity contribution in [3.05, 3.63) is 54.2 Å². The Balaban J connectivity index is 0.00000280. The molecule has 0 spiro atoms. The van der Waals surface area contributed by atoms with Crippen LogP contribution >= 0.6 is 24.0 Å². The standard InChI is InChI=1S/C21H30N6.HI/c1-22-21(23-16-18-8-7-11-20(24-18)26(2)3)25-17-12-14-27(15-13-17)19-9-5-4-6-10-19;/h4-11,17H,12-16H2,1-3H3,(H2,22,23,25);1H. The molecular formula is C21H31IN6. The van der Waals surface area contributed by atoms with E-state index in [0.29, 0.717) is 12.6 Å². The van der Waals surface area contributed by atoms with Gasteiger partial charge in [-0.3, -0.25) is 4.99 Å². The molecule has 1 aromatic carbocycles. The number of halogens is 1. The fourth-order valence-corrected chi connectivity index (χ4v) is 3.30. The predicted molar refractivity (Wildman–Crippen MR) is 129 cm³/mol. The van der Waals surface area contributed by atoms with Gasteiger partial charge in [-0.2, -0.15) is 0 Å². The summed E-state index contributed by atoms with van der Waals surface area (Å²) in [6.07, 6.45) is 2.20. The molecule has 3 rings (SSSR count). The first kappa shape index (κ1) is 22.3. The molecule has 2 aromatic rings. The van der Waals surface area contributed by atoms with E-state index in [2.05, 4.69) is 55.8 Å². The molecule has 1 aromatic heterocycles. The van der Waals surface area contributed by atoms with Crippen LogP contribution in [0.15, 0.2) is 53.5 Å². The van der Waals surface area contributed by atoms with Gasteiger partial charge in [0.15, 0.2) is 5.96 Å². The molecule has 0 atom stereocenters. The van der Waals surface area contributed by atoms with Crippen LogP contribution < -0.4 is 20.4 Å². The van der Waals surface area contributed by atoms with Gasteiger partial charge in [-0.05, 0) is 37.1 Å². The van der Waals surface area contributed by atoms with Crippen molar-refractivity contribution in [2.24, 2.45) is 4.99 Å². The Morgan fingerprint density at radius 1 is 1.11 bits per heavy atom. The number of para-hydroxylation sites is 1. The largest absolute Gasteiger partial charge is 0.371 e. The third-order valence-corrected chi connectivity index (χ3v) is 4.87. The predicted octanol–water partition coefficient (Wildman–Crippen LogP) is 3.10. The second-order valence-electron chi connectivity index (χ2n) is 7.05. The molecule has 0 aliphatic carbocycles. The van der Waals surface area contributed by atoms with Gasteiger partial charge in [0.05, 0.1) is 12.2 Å². The van der Waals surface area contributed by atoms with Gasteiger partial charge in [0, 0.05) is 46.0 Å². The van der Waals surface area contributed by atoms with Crippen LogP contribution in [0.25, 0.3) is 0 Å². The van der Waals surface area contributed by atoms with Crippen LogP contribution in [0.2, 0.25) is 0 Å². The molecule has 6 nitrogen and oxygen atoms in total. The van der Waals surface area contributed by atoms with Crippen molar-refractivity contribution >= 4 is 41.4 Å². The Morgan fingerprint density at radius 3 is 2.46 bits per heavy atom. The molecule has 7 heteroatoms. The minimum Gasteiger partial charge on any atom is -0.371 e. The maximum atomic E-state index is 4.64. The van der Waals surface area contributed by atoms with E-state index in [4.69, 9.17) is 0 Å². The molecule has 2 heterocycles. The molecule has 1 saturated heterocycles. The summed E-state index contributed by atoms with van der Waals surface area (Å²) in [5, 5.41) is 6.95. The Bertz CT molecular complexity index is 742. The number of guanidine groups is 1. The summed E-state index contributed by atoms with van der Waals surface area (Å²) in [7, 11) is 5.82. The molecular weight excluding hydrogens is 463 g/mol. The van der Waals surface area contributed by atoms with Gasteiger partial charge in [-0.1, -0.05) is 24.3 Å². The third kappa shape index (κ3) is 6.25. The Kier molecular flexibility index (Phi) is 8.82. The number of hydrogen-bond acceptors (Lipinski definition) is 4. The summed E-state index contributed by atoms with van der Waals surface area (Å²) in [4.78, 5) is 13.5. The van der Waals surface area contributed by atoms with Crippen LogP contribution in [-0.4, -0.2) is 51.2 Å². The monoisotopic (exact) mass is 494 g/mol. The third-order valence-electron chi connectivity index (χ3n) is 4.87. The fraction of sp³-hybridized carbons (Fsp3) is 0.429. The number of piperidine rings is 1. The van der Waals surface area contributed by atoms with E-state index in [1.165, 1.54) is 5.69 Å². The van der Waals surface area contributed by atoms with E-state index in [1.54, 1.807) is 0 Å². The highest BCUT2D eigenvalue weighted by Gasteiger charge is 2.20. The quantitative estimate of drug-likeness (QED) is 0.380. The fourth-order valence-electron chi connectivity index (χ4n) is 3.30. The van der Waals surface area contributed by atoms with Crippen molar-refractivity contribution in [3.63, 3.8) is 0 Å². The molecule has 2 N–H and O–H groups in total. The summed E-state index contributed by atoms with van der Waals surface area (Å²) in [6.45, 7) is 2.78. The molecule has 1 aliphatic rings. The summed E-state index contributed by atoms with van der Waals surface area (Å²) < 4.78 is 0. The van der Waals surface area contributed by atoms with E-state index in [-0.39, 0.29) is 24.0 Å². The highest BCUT2D eigenvalue weighted by atomic mass is 127. The van der Waals surface area contributed by atoms with E-state index in [1.807, 2.05) is 44.2 Å². The lowest BCUT2D eigenvalue weighted by atomic mass is 10.0. The number of aromatic nitrogens is 1. The van der Waals surface area contributed by atoms with Crippen LogP contribution in [0, 0.1) is 0 Å². The van der Waals surface area contributed by atoms with E-state index >= 15 is 0 Å². The highest BCUT2D eigenvalue weighted by molar-refractivity contribution is 14.0. The number of nitrogens with zero attached hydrogens (tertiary/aromatic N) is 4. The smallest absolute Gasteiger partial charge is 0.191 e. The number of aliphatic imine (C=N–C) groups is 1. The van der Waals surface area contributed by atoms with E-state index in [9.17, 15) is 0 Å². The maximum absolute atomic E-state index is 4.64. The van der Waals surface area contributed by atoms with Gasteiger partial charge in [-0.15, -0.1) is 24.0 Å². The highest BCUT2D eigenvalue weighted by Crippen LogP contribution is 2.19. The number of pyridine rings is 1. The summed E-state index contributed by atoms with van der Waals surface area (Å²) >= 11 is 0. The van der Waals surface area contributed by atoms with Gasteiger partial charge in [-0.25, -0.2) is 4.98 Å². The van der Waals surface area contributed by atoms with Crippen LogP contribution in [0.1, 0.15) is 18.5 Å². The van der Waals surface area contributed by atoms with Gasteiger partial charge in [0.25, 0.3) is 0 Å². The SMILES string of the molecule is CN=C(NCc1cccc(N(C)C)n1)NC1CCN(c2ccccc2)CC1.I. The van der Waals surface area contributed by atoms with Crippen molar-refractivity contribution < 1.29 is 0 Å². The van der Waals surface area contributed by atoms with Crippen molar-refractivity contribution in [3.8, 4) is 0 Å². The van der Waals surface area contributed by atoms with Crippen molar-refractivity contribution in [2.75, 3.05) is 44.0 Å². The first-order valence-electron chi connectivity index (χ1n) is 9.56. The van der Waals surface area contributed by atoms with Crippen LogP contribution in [0.5, 0.6) is 0 Å². The topological polar surface area (TPSA) is 55.8 Å². The zero-order valence-corrected chi connectivity index (χ0v) is 19.3. The van der Waals surface area contributed by atoms with Crippen LogP contribution in [0.3, 0.4) is 0 Å². The molecule has 0 saturated carbocycles.